The number of thioether (sulfide) groups is 1. The van der Waals surface area contributed by atoms with E-state index in [4.69, 9.17) is 0 Å². The summed E-state index contributed by atoms with van der Waals surface area (Å²) in [5, 5.41) is 30.0. The molecule has 31 heavy (non-hydrogen) atoms. The third kappa shape index (κ3) is 6.37. The zero-order valence-corrected chi connectivity index (χ0v) is 20.5. The Balaban J connectivity index is 1.57. The Morgan fingerprint density at radius 1 is 1.26 bits per heavy atom. The summed E-state index contributed by atoms with van der Waals surface area (Å²) >= 11 is 2.04. The molecule has 0 aliphatic heterocycles. The number of hydrogen-bond donors (Lipinski definition) is 3. The quantitative estimate of drug-likeness (QED) is 0.329. The molecule has 3 aliphatic carbocycles. The van der Waals surface area contributed by atoms with E-state index in [0.29, 0.717) is 18.8 Å². The number of hydrogen-bond acceptors (Lipinski definition) is 4. The molecule has 0 amide bonds. The fraction of sp³-hybridized carbons (Fsp3) is 0.704. The summed E-state index contributed by atoms with van der Waals surface area (Å²) in [7, 11) is 0. The van der Waals surface area contributed by atoms with E-state index in [2.05, 4.69) is 31.7 Å². The normalized spacial score (nSPS) is 34.3. The van der Waals surface area contributed by atoms with Gasteiger partial charge in [-0.25, -0.2) is 0 Å². The third-order valence-electron chi connectivity index (χ3n) is 7.56. The summed E-state index contributed by atoms with van der Waals surface area (Å²) in [4.78, 5) is 0. The summed E-state index contributed by atoms with van der Waals surface area (Å²) in [5.74, 6) is 2.87. The highest BCUT2D eigenvalue weighted by Crippen LogP contribution is 2.55. The average molecular weight is 447 g/mol. The highest BCUT2D eigenvalue weighted by Gasteiger charge is 2.44. The molecule has 2 fully saturated rings. The highest BCUT2D eigenvalue weighted by atomic mass is 32.2. The summed E-state index contributed by atoms with van der Waals surface area (Å²) in [6.07, 6.45) is 14.7. The van der Waals surface area contributed by atoms with Crippen molar-refractivity contribution < 1.29 is 15.3 Å². The smallest absolute Gasteiger partial charge is 0.0811 e. The second kappa shape index (κ2) is 10.4. The van der Waals surface area contributed by atoms with Crippen LogP contribution >= 0.6 is 11.8 Å². The van der Waals surface area contributed by atoms with Crippen LogP contribution in [-0.4, -0.2) is 44.6 Å². The minimum absolute atomic E-state index is 0.269. The Morgan fingerprint density at radius 2 is 2.03 bits per heavy atom. The summed E-state index contributed by atoms with van der Waals surface area (Å²) in [5.41, 5.74) is 4.64. The minimum Gasteiger partial charge on any atom is -0.393 e. The molecule has 0 aromatic carbocycles. The topological polar surface area (TPSA) is 60.7 Å². The Bertz CT molecular complexity index is 742. The SMILES string of the molecule is C=C1C(=CC=C2CCC[C@]3(C)C(CSCCCCC(C)(C)O)=CC[C@@H]23)C[C@@H](O)C[C@@H]1O. The minimum atomic E-state index is -0.620. The van der Waals surface area contributed by atoms with Crippen molar-refractivity contribution in [2.45, 2.75) is 96.4 Å². The largest absolute Gasteiger partial charge is 0.393 e. The molecular formula is C27H42O3S. The van der Waals surface area contributed by atoms with Gasteiger partial charge < -0.3 is 15.3 Å². The molecule has 4 atom stereocenters. The molecule has 0 aromatic heterocycles. The van der Waals surface area contributed by atoms with Crippen LogP contribution in [0.1, 0.15) is 78.6 Å². The van der Waals surface area contributed by atoms with Crippen molar-refractivity contribution in [2.75, 3.05) is 11.5 Å². The maximum Gasteiger partial charge on any atom is 0.0811 e. The van der Waals surface area contributed by atoms with Crippen LogP contribution in [0, 0.1) is 11.3 Å². The average Bonchev–Trinajstić information content (AvgIpc) is 3.02. The summed E-state index contributed by atoms with van der Waals surface area (Å²) < 4.78 is 0. The van der Waals surface area contributed by atoms with Crippen LogP contribution in [0.4, 0.5) is 0 Å². The third-order valence-corrected chi connectivity index (χ3v) is 8.65. The molecule has 0 bridgehead atoms. The van der Waals surface area contributed by atoms with Crippen LogP contribution < -0.4 is 0 Å². The van der Waals surface area contributed by atoms with Gasteiger partial charge in [-0.05, 0) is 93.4 Å². The Labute approximate surface area is 193 Å². The number of aliphatic hydroxyl groups is 3. The van der Waals surface area contributed by atoms with Crippen LogP contribution in [0.25, 0.3) is 0 Å². The maximum atomic E-state index is 10.1. The van der Waals surface area contributed by atoms with Gasteiger partial charge in [0.1, 0.15) is 0 Å². The number of unbranched alkanes of at least 4 members (excludes halogenated alkanes) is 1. The molecule has 3 nitrogen and oxygen atoms in total. The predicted octanol–water partition coefficient (Wildman–Crippen LogP) is 5.72. The molecule has 3 aliphatic rings. The molecule has 0 heterocycles. The lowest BCUT2D eigenvalue weighted by atomic mass is 9.64. The van der Waals surface area contributed by atoms with Crippen molar-refractivity contribution in [2.24, 2.45) is 11.3 Å². The van der Waals surface area contributed by atoms with Crippen molar-refractivity contribution in [3.8, 4) is 0 Å². The van der Waals surface area contributed by atoms with E-state index in [-0.39, 0.29) is 5.41 Å². The van der Waals surface area contributed by atoms with Gasteiger partial charge in [0.15, 0.2) is 0 Å². The van der Waals surface area contributed by atoms with Gasteiger partial charge in [0.25, 0.3) is 0 Å². The van der Waals surface area contributed by atoms with Crippen molar-refractivity contribution in [3.63, 3.8) is 0 Å². The molecule has 0 aromatic rings. The second-order valence-corrected chi connectivity index (χ2v) is 11.8. The molecule has 3 rings (SSSR count). The molecule has 3 N–H and O–H groups in total. The maximum absolute atomic E-state index is 10.1. The fourth-order valence-electron chi connectivity index (χ4n) is 5.54. The molecule has 0 unspecified atom stereocenters. The summed E-state index contributed by atoms with van der Waals surface area (Å²) in [6.45, 7) is 10.3. The zero-order valence-electron chi connectivity index (χ0n) is 19.7. The predicted molar refractivity (Wildman–Crippen MR) is 132 cm³/mol. The lowest BCUT2D eigenvalue weighted by Crippen LogP contribution is -2.31. The molecule has 0 radical (unpaired) electrons. The monoisotopic (exact) mass is 446 g/mol. The van der Waals surface area contributed by atoms with E-state index in [1.807, 2.05) is 25.6 Å². The van der Waals surface area contributed by atoms with Crippen molar-refractivity contribution >= 4 is 11.8 Å². The van der Waals surface area contributed by atoms with Gasteiger partial charge in [-0.3, -0.25) is 0 Å². The molecular weight excluding hydrogens is 404 g/mol. The first-order chi connectivity index (χ1) is 14.6. The number of rotatable bonds is 8. The molecule has 0 saturated heterocycles. The summed E-state index contributed by atoms with van der Waals surface area (Å²) in [6, 6.07) is 0. The van der Waals surface area contributed by atoms with E-state index in [9.17, 15) is 15.3 Å². The second-order valence-electron chi connectivity index (χ2n) is 10.7. The lowest BCUT2D eigenvalue weighted by molar-refractivity contribution is 0.0687. The van der Waals surface area contributed by atoms with E-state index < -0.39 is 17.8 Å². The van der Waals surface area contributed by atoms with Crippen molar-refractivity contribution in [1.82, 2.24) is 0 Å². The van der Waals surface area contributed by atoms with E-state index >= 15 is 0 Å². The van der Waals surface area contributed by atoms with Crippen LogP contribution in [-0.2, 0) is 0 Å². The van der Waals surface area contributed by atoms with Gasteiger partial charge in [-0.15, -0.1) is 0 Å². The first-order valence-electron chi connectivity index (χ1n) is 12.0. The van der Waals surface area contributed by atoms with Gasteiger partial charge in [0.05, 0.1) is 17.8 Å². The lowest BCUT2D eigenvalue weighted by Gasteiger charge is -2.41. The van der Waals surface area contributed by atoms with Gasteiger partial charge in [0.2, 0.25) is 0 Å². The van der Waals surface area contributed by atoms with Gasteiger partial charge in [-0.2, -0.15) is 11.8 Å². The number of aliphatic hydroxyl groups excluding tert-OH is 2. The van der Waals surface area contributed by atoms with Crippen molar-refractivity contribution in [1.29, 1.82) is 0 Å². The standard InChI is InChI=1S/C27H42O3S/c1-19-21(16-23(28)17-25(19)29)10-9-20-8-7-14-27(4)22(11-12-24(20)27)18-31-15-6-5-13-26(2,3)30/h9-11,23-25,28-30H,1,5-8,12-18H2,2-4H3/t23-,24+,25+,27-/m1/s1. The van der Waals surface area contributed by atoms with Crippen molar-refractivity contribution in [3.05, 3.63) is 47.1 Å². The number of fused-ring (bicyclic) bond motifs is 1. The Kier molecular flexibility index (Phi) is 8.34. The van der Waals surface area contributed by atoms with Crippen LogP contribution in [0.2, 0.25) is 0 Å². The Morgan fingerprint density at radius 3 is 2.77 bits per heavy atom. The Hall–Kier alpha value is -0.810. The zero-order chi connectivity index (χ0) is 22.6. The van der Waals surface area contributed by atoms with Gasteiger partial charge in [-0.1, -0.05) is 42.9 Å². The van der Waals surface area contributed by atoms with Crippen LogP contribution in [0.15, 0.2) is 47.1 Å². The van der Waals surface area contributed by atoms with E-state index in [1.165, 1.54) is 24.8 Å². The molecule has 0 spiro atoms. The first-order valence-corrected chi connectivity index (χ1v) is 13.2. The number of allylic oxidation sites excluding steroid dienone is 4. The van der Waals surface area contributed by atoms with Crippen LogP contribution in [0.5, 0.6) is 0 Å². The van der Waals surface area contributed by atoms with Gasteiger partial charge >= 0.3 is 0 Å². The molecule has 2 saturated carbocycles. The van der Waals surface area contributed by atoms with Gasteiger partial charge in [0, 0.05) is 12.2 Å². The molecule has 4 heteroatoms. The van der Waals surface area contributed by atoms with E-state index in [1.54, 1.807) is 5.57 Å². The van der Waals surface area contributed by atoms with Crippen LogP contribution in [0.3, 0.4) is 0 Å². The fourth-order valence-corrected chi connectivity index (χ4v) is 6.76. The van der Waals surface area contributed by atoms with E-state index in [0.717, 1.165) is 48.3 Å². The molecule has 174 valence electrons. The highest BCUT2D eigenvalue weighted by molar-refractivity contribution is 7.99. The first kappa shape index (κ1) is 24.8.